The first kappa shape index (κ1) is 32.3. The second kappa shape index (κ2) is 12.0. The van der Waals surface area contributed by atoms with Crippen LogP contribution in [0.3, 0.4) is 0 Å². The van der Waals surface area contributed by atoms with E-state index in [4.69, 9.17) is 13.9 Å². The third-order valence-corrected chi connectivity index (χ3v) is 7.30. The van der Waals surface area contributed by atoms with Gasteiger partial charge in [0.15, 0.2) is 5.69 Å². The Labute approximate surface area is 254 Å². The van der Waals surface area contributed by atoms with Crippen LogP contribution in [0.2, 0.25) is 0 Å². The molecule has 0 saturated carbocycles. The summed E-state index contributed by atoms with van der Waals surface area (Å²) in [6.45, 7) is 4.40. The van der Waals surface area contributed by atoms with Gasteiger partial charge in [0, 0.05) is 12.6 Å². The molecule has 1 saturated heterocycles. The number of rotatable bonds is 4. The number of carbonyl (C=O) groups excluding carboxylic acids is 1. The lowest BCUT2D eigenvalue weighted by molar-refractivity contribution is -0.299. The molecule has 3 aromatic rings. The Morgan fingerprint density at radius 3 is 2.51 bits per heavy atom. The number of ether oxygens (including phenoxy) is 2. The minimum atomic E-state index is -5.05. The van der Waals surface area contributed by atoms with E-state index in [0.717, 1.165) is 0 Å². The first-order valence-corrected chi connectivity index (χ1v) is 14.2. The minimum Gasteiger partial charge on any atom is -0.444 e. The first-order chi connectivity index (χ1) is 21.1. The predicted octanol–water partition coefficient (Wildman–Crippen LogP) is 7.79. The third kappa shape index (κ3) is 6.92. The van der Waals surface area contributed by atoms with Crippen molar-refractivity contribution in [3.05, 3.63) is 65.6 Å². The van der Waals surface area contributed by atoms with Crippen molar-refractivity contribution in [1.29, 1.82) is 0 Å². The van der Waals surface area contributed by atoms with E-state index < -0.39 is 83.3 Å². The summed E-state index contributed by atoms with van der Waals surface area (Å²) in [6.07, 6.45) is -7.88. The van der Waals surface area contributed by atoms with Crippen LogP contribution in [-0.2, 0) is 27.9 Å². The summed E-state index contributed by atoms with van der Waals surface area (Å²) in [5.74, 6) is -2.09. The summed E-state index contributed by atoms with van der Waals surface area (Å²) in [7, 11) is 0. The molecular weight excluding hydrogens is 608 g/mol. The molecule has 9 nitrogen and oxygen atoms in total. The molecule has 5 rings (SSSR count). The lowest BCUT2D eigenvalue weighted by Crippen LogP contribution is -2.45. The number of aromatic nitrogens is 3. The molecule has 1 aromatic carbocycles. The van der Waals surface area contributed by atoms with Crippen molar-refractivity contribution in [2.45, 2.75) is 82.7 Å². The van der Waals surface area contributed by atoms with Crippen LogP contribution in [0.4, 0.5) is 42.6 Å². The van der Waals surface area contributed by atoms with Gasteiger partial charge in [-0.25, -0.2) is 9.78 Å². The maximum atomic E-state index is 15.0. The zero-order valence-electron chi connectivity index (χ0n) is 24.6. The molecule has 2 aliphatic heterocycles. The summed E-state index contributed by atoms with van der Waals surface area (Å²) in [4.78, 5) is 18.3. The summed E-state index contributed by atoms with van der Waals surface area (Å²) in [5, 5.41) is 9.69. The second-order valence-electron chi connectivity index (χ2n) is 11.8. The van der Waals surface area contributed by atoms with Crippen LogP contribution >= 0.6 is 0 Å². The zero-order chi connectivity index (χ0) is 32.6. The molecule has 0 radical (unpaired) electrons. The third-order valence-electron chi connectivity index (χ3n) is 7.30. The molecule has 1 amide bonds. The molecule has 2 atom stereocenters. The van der Waals surface area contributed by atoms with E-state index >= 15 is 13.2 Å². The van der Waals surface area contributed by atoms with E-state index in [1.807, 2.05) is 0 Å². The van der Waals surface area contributed by atoms with E-state index in [1.165, 1.54) is 11.0 Å². The fraction of sp³-hybridized carbons (Fsp3) is 0.467. The number of anilines is 2. The number of amides is 1. The van der Waals surface area contributed by atoms with Gasteiger partial charge in [-0.3, -0.25) is 5.32 Å². The molecule has 45 heavy (non-hydrogen) atoms. The summed E-state index contributed by atoms with van der Waals surface area (Å²) >= 11 is 0. The number of hydrogen-bond acceptors (Lipinski definition) is 8. The maximum absolute atomic E-state index is 15.0. The van der Waals surface area contributed by atoms with Gasteiger partial charge in [0.05, 0.1) is 12.3 Å². The maximum Gasteiger partial charge on any atom is 0.426 e. The quantitative estimate of drug-likeness (QED) is 0.228. The average molecular weight is 640 g/mol. The van der Waals surface area contributed by atoms with Crippen LogP contribution in [0.25, 0.3) is 11.6 Å². The molecule has 0 spiro atoms. The number of nitrogens with one attached hydrogen (secondary N) is 1. The van der Waals surface area contributed by atoms with E-state index in [9.17, 15) is 18.0 Å². The highest BCUT2D eigenvalue weighted by molar-refractivity contribution is 5.90. The van der Waals surface area contributed by atoms with Crippen LogP contribution in [0.5, 0.6) is 0 Å². The van der Waals surface area contributed by atoms with Gasteiger partial charge >= 0.3 is 18.4 Å². The number of pyridine rings is 1. The van der Waals surface area contributed by atoms with Crippen LogP contribution in [-0.4, -0.2) is 45.6 Å². The lowest BCUT2D eigenvalue weighted by Gasteiger charge is -2.32. The fourth-order valence-electron chi connectivity index (χ4n) is 5.25. The van der Waals surface area contributed by atoms with Gasteiger partial charge in [-0.1, -0.05) is 42.5 Å². The minimum absolute atomic E-state index is 0.168. The van der Waals surface area contributed by atoms with E-state index in [2.05, 4.69) is 20.5 Å². The number of alkyl halides is 6. The fourth-order valence-corrected chi connectivity index (χ4v) is 5.25. The van der Waals surface area contributed by atoms with E-state index in [-0.39, 0.29) is 13.0 Å². The molecule has 4 bridgehead atoms. The number of carbonyl (C=O) groups is 1. The van der Waals surface area contributed by atoms with Crippen molar-refractivity contribution in [2.75, 3.05) is 16.8 Å². The van der Waals surface area contributed by atoms with Crippen LogP contribution in [0, 0.1) is 0 Å². The van der Waals surface area contributed by atoms with Gasteiger partial charge in [0.1, 0.15) is 17.0 Å². The van der Waals surface area contributed by atoms with Crippen molar-refractivity contribution in [2.24, 2.45) is 0 Å². The molecule has 1 fully saturated rings. The van der Waals surface area contributed by atoms with Gasteiger partial charge in [-0.05, 0) is 58.1 Å². The van der Waals surface area contributed by atoms with Gasteiger partial charge in [-0.15, -0.1) is 10.2 Å². The molecule has 15 heteroatoms. The molecule has 1 N–H and O–H groups in total. The smallest absolute Gasteiger partial charge is 0.426 e. The molecule has 4 heterocycles. The van der Waals surface area contributed by atoms with Gasteiger partial charge < -0.3 is 18.8 Å². The summed E-state index contributed by atoms with van der Waals surface area (Å²) in [6, 6.07) is 8.26. The van der Waals surface area contributed by atoms with Crippen LogP contribution < -0.4 is 10.2 Å². The van der Waals surface area contributed by atoms with Gasteiger partial charge in [0.2, 0.25) is 5.60 Å². The average Bonchev–Trinajstić information content (AvgIpc) is 3.61. The largest absolute Gasteiger partial charge is 0.444 e. The number of fused-ring (bicyclic) bond motifs is 7. The number of benzene rings is 1. The molecule has 2 aromatic heterocycles. The standard InChI is InChI=1S/C30H31F6N5O4/c1-27(2,3)45-26(42)37-21-16-20(29(31,32)33)23-38-22(21)24-39-40-25(44-24)28(30(34,35)36,43-17-18-10-5-4-6-11-18)14-8-7-12-19-13-9-15-41(19)23/h4-7,10-12,16,19H,8-9,13-15,17H2,1-3H3,(H,37,42)/b12-7-. The van der Waals surface area contributed by atoms with Crippen molar-refractivity contribution < 1.29 is 45.0 Å². The lowest BCUT2D eigenvalue weighted by atomic mass is 9.95. The monoisotopic (exact) mass is 639 g/mol. The van der Waals surface area contributed by atoms with E-state index in [1.54, 1.807) is 57.2 Å². The SMILES string of the molecule is CC(C)(C)OC(=O)Nc1cc(C(F)(F)F)c2nc1-c1nnc(o1)C(OCc1ccccc1)(C(F)(F)F)CC/C=C\C1CCCN21. The first-order valence-electron chi connectivity index (χ1n) is 14.2. The van der Waals surface area contributed by atoms with Crippen molar-refractivity contribution in [3.8, 4) is 11.6 Å². The number of nitrogens with zero attached hydrogens (tertiary/aromatic N) is 4. The Hall–Kier alpha value is -4.14. The molecule has 2 unspecified atom stereocenters. The summed E-state index contributed by atoms with van der Waals surface area (Å²) in [5.41, 5.74) is -5.80. The number of allylic oxidation sites excluding steroid dienone is 1. The Balaban J connectivity index is 1.70. The highest BCUT2D eigenvalue weighted by Gasteiger charge is 2.61. The highest BCUT2D eigenvalue weighted by Crippen LogP contribution is 2.48. The van der Waals surface area contributed by atoms with Gasteiger partial charge in [-0.2, -0.15) is 26.3 Å². The van der Waals surface area contributed by atoms with Crippen molar-refractivity contribution in [1.82, 2.24) is 15.2 Å². The molecular formula is C30H31F6N5O4. The second-order valence-corrected chi connectivity index (χ2v) is 11.8. The molecule has 2 aliphatic rings. The van der Waals surface area contributed by atoms with E-state index in [0.29, 0.717) is 24.5 Å². The Kier molecular flexibility index (Phi) is 8.59. The normalized spacial score (nSPS) is 21.3. The zero-order valence-corrected chi connectivity index (χ0v) is 24.6. The highest BCUT2D eigenvalue weighted by atomic mass is 19.4. The molecule has 0 aliphatic carbocycles. The van der Waals surface area contributed by atoms with Crippen molar-refractivity contribution in [3.63, 3.8) is 0 Å². The summed E-state index contributed by atoms with van der Waals surface area (Å²) < 4.78 is 105. The Morgan fingerprint density at radius 1 is 1.11 bits per heavy atom. The Bertz CT molecular complexity index is 1550. The topological polar surface area (TPSA) is 103 Å². The molecule has 242 valence electrons. The number of halogens is 6. The number of hydrogen-bond donors (Lipinski definition) is 1. The predicted molar refractivity (Wildman–Crippen MR) is 150 cm³/mol. The van der Waals surface area contributed by atoms with Crippen molar-refractivity contribution >= 4 is 17.6 Å². The van der Waals surface area contributed by atoms with Crippen LogP contribution in [0.15, 0.2) is 53.0 Å². The Morgan fingerprint density at radius 2 is 1.84 bits per heavy atom. The van der Waals surface area contributed by atoms with Gasteiger partial charge in [0.25, 0.3) is 11.8 Å². The van der Waals surface area contributed by atoms with Crippen LogP contribution in [0.1, 0.15) is 63.5 Å².